The molecule has 3 heterocycles. The Kier molecular flexibility index (Phi) is 5.06. The highest BCUT2D eigenvalue weighted by atomic mass is 16.7. The third-order valence-corrected chi connectivity index (χ3v) is 4.93. The van der Waals surface area contributed by atoms with Crippen molar-refractivity contribution >= 4 is 11.8 Å². The number of nitrogens with one attached hydrogen (secondary N) is 1. The van der Waals surface area contributed by atoms with E-state index in [1.165, 1.54) is 0 Å². The van der Waals surface area contributed by atoms with E-state index in [1.807, 2.05) is 12.1 Å². The molecule has 0 atom stereocenters. The van der Waals surface area contributed by atoms with Gasteiger partial charge in [0.05, 0.1) is 13.2 Å². The number of nitrogens with zero attached hydrogens (tertiary/aromatic N) is 2. The van der Waals surface area contributed by atoms with Gasteiger partial charge in [0.2, 0.25) is 11.8 Å². The average Bonchev–Trinajstić information content (AvgIpc) is 3.08. The van der Waals surface area contributed by atoms with E-state index < -0.39 is 11.2 Å². The summed E-state index contributed by atoms with van der Waals surface area (Å²) in [6.45, 7) is 6.02. The number of hydrogen-bond donors (Lipinski definition) is 1. The molecule has 1 aromatic heterocycles. The number of pyridine rings is 1. The number of likely N-dealkylation sites (tertiary alicyclic amines) is 1. The van der Waals surface area contributed by atoms with Gasteiger partial charge >= 0.3 is 0 Å². The van der Waals surface area contributed by atoms with E-state index >= 15 is 0 Å². The van der Waals surface area contributed by atoms with E-state index in [9.17, 15) is 9.59 Å². The Hall–Kier alpha value is -1.99. The minimum Gasteiger partial charge on any atom is -0.351 e. The first kappa shape index (κ1) is 17.8. The number of piperidine rings is 1. The molecule has 2 aliphatic rings. The van der Waals surface area contributed by atoms with Crippen molar-refractivity contribution in [2.24, 2.45) is 5.41 Å². The molecule has 25 heavy (non-hydrogen) atoms. The van der Waals surface area contributed by atoms with Crippen LogP contribution >= 0.6 is 0 Å². The highest BCUT2D eigenvalue weighted by molar-refractivity contribution is 6.04. The van der Waals surface area contributed by atoms with Gasteiger partial charge in [-0.3, -0.25) is 14.6 Å². The second-order valence-corrected chi connectivity index (χ2v) is 7.06. The number of carbonyl (C=O) groups excluding carboxylic acids is 2. The molecule has 1 aromatic rings. The van der Waals surface area contributed by atoms with Crippen molar-refractivity contribution in [2.45, 2.75) is 39.0 Å². The van der Waals surface area contributed by atoms with Gasteiger partial charge in [-0.15, -0.1) is 0 Å². The number of rotatable bonds is 4. The summed E-state index contributed by atoms with van der Waals surface area (Å²) in [5.74, 6) is -0.958. The van der Waals surface area contributed by atoms with Gasteiger partial charge in [-0.05, 0) is 31.5 Å². The van der Waals surface area contributed by atoms with Crippen LogP contribution < -0.4 is 5.32 Å². The molecule has 7 nitrogen and oxygen atoms in total. The maximum Gasteiger partial charge on any atom is 0.237 e. The lowest BCUT2D eigenvalue weighted by atomic mass is 9.89. The first-order valence-electron chi connectivity index (χ1n) is 8.67. The van der Waals surface area contributed by atoms with E-state index in [4.69, 9.17) is 9.47 Å². The number of carbonyl (C=O) groups is 2. The van der Waals surface area contributed by atoms with E-state index in [1.54, 1.807) is 31.1 Å². The number of ether oxygens (including phenoxy) is 2. The summed E-state index contributed by atoms with van der Waals surface area (Å²) in [4.78, 5) is 31.1. The van der Waals surface area contributed by atoms with Crippen molar-refractivity contribution in [3.8, 4) is 0 Å². The standard InChI is InChI=1S/C18H25N3O4/c1-17(2,15(22)20-13-14-3-7-19-8-4-14)16(23)21-9-5-18(6-10-21)24-11-12-25-18/h3-4,7-8H,5-6,9-13H2,1-2H3,(H,20,22). The molecule has 0 unspecified atom stereocenters. The van der Waals surface area contributed by atoms with Gasteiger partial charge in [-0.2, -0.15) is 0 Å². The fraction of sp³-hybridized carbons (Fsp3) is 0.611. The predicted octanol–water partition coefficient (Wildman–Crippen LogP) is 1.09. The minimum absolute atomic E-state index is 0.160. The molecule has 0 radical (unpaired) electrons. The van der Waals surface area contributed by atoms with Gasteiger partial charge in [0, 0.05) is 44.9 Å². The third kappa shape index (κ3) is 3.82. The molecule has 0 aromatic carbocycles. The molecule has 1 spiro atoms. The van der Waals surface area contributed by atoms with Crippen LogP contribution in [-0.4, -0.2) is 53.8 Å². The van der Waals surface area contributed by atoms with Crippen LogP contribution in [0.2, 0.25) is 0 Å². The molecule has 0 saturated carbocycles. The molecule has 2 amide bonds. The third-order valence-electron chi connectivity index (χ3n) is 4.93. The highest BCUT2D eigenvalue weighted by Gasteiger charge is 2.45. The zero-order chi connectivity index (χ0) is 17.9. The first-order valence-corrected chi connectivity index (χ1v) is 8.67. The zero-order valence-corrected chi connectivity index (χ0v) is 14.8. The van der Waals surface area contributed by atoms with Crippen molar-refractivity contribution in [1.29, 1.82) is 0 Å². The molecule has 2 aliphatic heterocycles. The Balaban J connectivity index is 1.55. The molecular formula is C18H25N3O4. The molecule has 2 fully saturated rings. The summed E-state index contributed by atoms with van der Waals surface area (Å²) in [6, 6.07) is 3.67. The average molecular weight is 347 g/mol. The smallest absolute Gasteiger partial charge is 0.237 e. The van der Waals surface area contributed by atoms with Gasteiger partial charge in [0.1, 0.15) is 5.41 Å². The molecule has 0 bridgehead atoms. The number of aromatic nitrogens is 1. The van der Waals surface area contributed by atoms with E-state index in [2.05, 4.69) is 10.3 Å². The summed E-state index contributed by atoms with van der Waals surface area (Å²) in [5.41, 5.74) is -0.170. The Bertz CT molecular complexity index is 616. The largest absolute Gasteiger partial charge is 0.351 e. The maximum atomic E-state index is 12.8. The van der Waals surface area contributed by atoms with Crippen LogP contribution in [0.1, 0.15) is 32.3 Å². The van der Waals surface area contributed by atoms with Crippen LogP contribution in [-0.2, 0) is 25.6 Å². The second-order valence-electron chi connectivity index (χ2n) is 7.06. The van der Waals surface area contributed by atoms with Crippen molar-refractivity contribution < 1.29 is 19.1 Å². The van der Waals surface area contributed by atoms with Crippen molar-refractivity contribution in [3.05, 3.63) is 30.1 Å². The van der Waals surface area contributed by atoms with Gasteiger partial charge in [-0.1, -0.05) is 0 Å². The summed E-state index contributed by atoms with van der Waals surface area (Å²) in [6.07, 6.45) is 4.64. The predicted molar refractivity (Wildman–Crippen MR) is 90.3 cm³/mol. The van der Waals surface area contributed by atoms with Crippen LogP contribution in [0.5, 0.6) is 0 Å². The van der Waals surface area contributed by atoms with E-state index in [0.29, 0.717) is 45.7 Å². The van der Waals surface area contributed by atoms with Crippen LogP contribution in [0.25, 0.3) is 0 Å². The van der Waals surface area contributed by atoms with E-state index in [0.717, 1.165) is 5.56 Å². The lowest BCUT2D eigenvalue weighted by Gasteiger charge is -2.40. The zero-order valence-electron chi connectivity index (χ0n) is 14.8. The topological polar surface area (TPSA) is 80.8 Å². The Morgan fingerprint density at radius 1 is 1.20 bits per heavy atom. The SMILES string of the molecule is CC(C)(C(=O)NCc1ccncc1)C(=O)N1CCC2(CC1)OCCO2. The summed E-state index contributed by atoms with van der Waals surface area (Å²) in [7, 11) is 0. The van der Waals surface area contributed by atoms with Crippen LogP contribution in [0.15, 0.2) is 24.5 Å². The molecule has 7 heteroatoms. The van der Waals surface area contributed by atoms with Crippen LogP contribution in [0, 0.1) is 5.41 Å². The number of hydrogen-bond acceptors (Lipinski definition) is 5. The van der Waals surface area contributed by atoms with Crippen LogP contribution in [0.4, 0.5) is 0 Å². The minimum atomic E-state index is -1.12. The van der Waals surface area contributed by atoms with Crippen molar-refractivity contribution in [2.75, 3.05) is 26.3 Å². The first-order chi connectivity index (χ1) is 11.9. The highest BCUT2D eigenvalue weighted by Crippen LogP contribution is 2.33. The maximum absolute atomic E-state index is 12.8. The summed E-state index contributed by atoms with van der Waals surface area (Å²) >= 11 is 0. The monoisotopic (exact) mass is 347 g/mol. The molecule has 0 aliphatic carbocycles. The quantitative estimate of drug-likeness (QED) is 0.825. The van der Waals surface area contributed by atoms with Crippen molar-refractivity contribution in [1.82, 2.24) is 15.2 Å². The fourth-order valence-electron chi connectivity index (χ4n) is 3.23. The van der Waals surface area contributed by atoms with Gasteiger partial charge < -0.3 is 19.7 Å². The Morgan fingerprint density at radius 3 is 2.40 bits per heavy atom. The Labute approximate surface area is 147 Å². The molecule has 2 saturated heterocycles. The number of amides is 2. The molecule has 3 rings (SSSR count). The van der Waals surface area contributed by atoms with Gasteiger partial charge in [0.25, 0.3) is 0 Å². The second kappa shape index (κ2) is 7.09. The normalized spacial score (nSPS) is 19.8. The van der Waals surface area contributed by atoms with Crippen LogP contribution in [0.3, 0.4) is 0 Å². The fourth-order valence-corrected chi connectivity index (χ4v) is 3.23. The summed E-state index contributed by atoms with van der Waals surface area (Å²) < 4.78 is 11.4. The lowest BCUT2D eigenvalue weighted by Crippen LogP contribution is -2.54. The Morgan fingerprint density at radius 2 is 1.80 bits per heavy atom. The molecule has 1 N–H and O–H groups in total. The molecule has 136 valence electrons. The van der Waals surface area contributed by atoms with Gasteiger partial charge in [0.15, 0.2) is 5.79 Å². The van der Waals surface area contributed by atoms with Gasteiger partial charge in [-0.25, -0.2) is 0 Å². The lowest BCUT2D eigenvalue weighted by molar-refractivity contribution is -0.189. The van der Waals surface area contributed by atoms with E-state index in [-0.39, 0.29) is 11.8 Å². The molecular weight excluding hydrogens is 322 g/mol. The van der Waals surface area contributed by atoms with Crippen molar-refractivity contribution in [3.63, 3.8) is 0 Å². The summed E-state index contributed by atoms with van der Waals surface area (Å²) in [5, 5.41) is 2.84.